The van der Waals surface area contributed by atoms with Crippen molar-refractivity contribution in [3.8, 4) is 0 Å². The lowest BCUT2D eigenvalue weighted by atomic mass is 9.97. The first-order valence-corrected chi connectivity index (χ1v) is 16.3. The molecule has 0 spiro atoms. The van der Waals surface area contributed by atoms with Gasteiger partial charge >= 0.3 is 12.1 Å². The summed E-state index contributed by atoms with van der Waals surface area (Å²) in [7, 11) is 2.44. The van der Waals surface area contributed by atoms with E-state index in [-0.39, 0.29) is 17.4 Å². The molecule has 0 aliphatic rings. The lowest BCUT2D eigenvalue weighted by Gasteiger charge is -2.26. The largest absolute Gasteiger partial charge is 0.480 e. The molecule has 0 fully saturated rings. The van der Waals surface area contributed by atoms with Crippen LogP contribution >= 0.6 is 21.6 Å². The number of hydrogen-bond donors (Lipinski definition) is 5. The van der Waals surface area contributed by atoms with Gasteiger partial charge in [0.15, 0.2) is 0 Å². The van der Waals surface area contributed by atoms with Crippen LogP contribution in [0.15, 0.2) is 59.5 Å². The first-order chi connectivity index (χ1) is 21.3. The molecule has 5 atom stereocenters. The first kappa shape index (κ1) is 36.9. The van der Waals surface area contributed by atoms with Gasteiger partial charge in [-0.15, -0.1) is 0 Å². The predicted octanol–water partition coefficient (Wildman–Crippen LogP) is 3.43. The van der Waals surface area contributed by atoms with E-state index >= 15 is 0 Å². The fourth-order valence-electron chi connectivity index (χ4n) is 3.73. The fraction of sp³-hybridized carbons (Fsp3) is 0.414. The van der Waals surface area contributed by atoms with Crippen LogP contribution in [0.3, 0.4) is 0 Å². The van der Waals surface area contributed by atoms with E-state index in [1.54, 1.807) is 55.5 Å². The molecule has 2 unspecified atom stereocenters. The number of carboxylic acid groups (broad SMARTS) is 1. The molecule has 0 saturated carbocycles. The molecule has 4 amide bonds. The van der Waals surface area contributed by atoms with Gasteiger partial charge in [0.25, 0.3) is 5.69 Å². The van der Waals surface area contributed by atoms with Crippen molar-refractivity contribution in [2.75, 3.05) is 12.3 Å². The number of hydrogen-bond acceptors (Lipinski definition) is 10. The van der Waals surface area contributed by atoms with Gasteiger partial charge in [-0.05, 0) is 31.4 Å². The highest BCUT2D eigenvalue weighted by molar-refractivity contribution is 8.76. The third-order valence-corrected chi connectivity index (χ3v) is 8.92. The highest BCUT2D eigenvalue weighted by atomic mass is 33.1. The summed E-state index contributed by atoms with van der Waals surface area (Å²) in [5, 5.41) is 30.0. The monoisotopic (exact) mass is 663 g/mol. The van der Waals surface area contributed by atoms with Crippen LogP contribution in [0.1, 0.15) is 45.8 Å². The number of nitro benzene ring substituents is 1. The summed E-state index contributed by atoms with van der Waals surface area (Å²) in [4.78, 5) is 72.9. The number of benzene rings is 2. The molecule has 2 rings (SSSR count). The Bertz CT molecular complexity index is 1350. The Hall–Kier alpha value is -4.31. The number of aliphatic carboxylic acids is 1. The average molecular weight is 664 g/mol. The summed E-state index contributed by atoms with van der Waals surface area (Å²) in [5.74, 6) is -3.35. The van der Waals surface area contributed by atoms with Crippen LogP contribution in [0.25, 0.3) is 0 Å². The minimum absolute atomic E-state index is 0.0368. The van der Waals surface area contributed by atoms with Gasteiger partial charge in [-0.3, -0.25) is 29.3 Å². The maximum Gasteiger partial charge on any atom is 0.408 e. The number of ether oxygens (including phenoxy) is 1. The van der Waals surface area contributed by atoms with Gasteiger partial charge in [0.2, 0.25) is 17.7 Å². The van der Waals surface area contributed by atoms with Gasteiger partial charge in [-0.25, -0.2) is 4.79 Å². The SMILES string of the molecule is CCC(C)[C@H](NC(=O)[C@H](C)NC(=O)CNC(=O)OC(CSSc1ccccc1[N+](=O)[O-])c1ccccc1)C(=O)N[C@@H](C)C(=O)O. The normalized spacial score (nSPS) is 14.0. The second-order valence-corrected chi connectivity index (χ2v) is 12.4. The number of alkyl carbamates (subject to hydrolysis) is 1. The van der Waals surface area contributed by atoms with Crippen molar-refractivity contribution in [3.63, 3.8) is 0 Å². The quantitative estimate of drug-likeness (QED) is 0.0942. The van der Waals surface area contributed by atoms with Crippen molar-refractivity contribution in [2.45, 2.75) is 63.2 Å². The Morgan fingerprint density at radius 2 is 1.56 bits per heavy atom. The number of nitrogens with one attached hydrogen (secondary N) is 4. The van der Waals surface area contributed by atoms with E-state index in [2.05, 4.69) is 21.3 Å². The van der Waals surface area contributed by atoms with E-state index in [1.807, 2.05) is 6.92 Å². The minimum atomic E-state index is -1.23. The lowest BCUT2D eigenvalue weighted by molar-refractivity contribution is -0.387. The van der Waals surface area contributed by atoms with Gasteiger partial charge in [0.1, 0.15) is 30.8 Å². The van der Waals surface area contributed by atoms with Crippen LogP contribution in [0.2, 0.25) is 0 Å². The molecule has 0 radical (unpaired) electrons. The van der Waals surface area contributed by atoms with Crippen LogP contribution in [0.4, 0.5) is 10.5 Å². The average Bonchev–Trinajstić information content (AvgIpc) is 3.01. The second-order valence-electron chi connectivity index (χ2n) is 9.98. The van der Waals surface area contributed by atoms with Gasteiger partial charge in [0.05, 0.1) is 9.82 Å². The Kier molecular flexibility index (Phi) is 15.2. The number of carbonyl (C=O) groups excluding carboxylic acids is 4. The van der Waals surface area contributed by atoms with Gasteiger partial charge in [-0.1, -0.05) is 84.3 Å². The van der Waals surface area contributed by atoms with Crippen LogP contribution in [0.5, 0.6) is 0 Å². The van der Waals surface area contributed by atoms with Crippen molar-refractivity contribution >= 4 is 57.1 Å². The smallest absolute Gasteiger partial charge is 0.408 e. The zero-order valence-electron chi connectivity index (χ0n) is 25.2. The number of amides is 4. The van der Waals surface area contributed by atoms with Crippen LogP contribution in [-0.4, -0.2) is 70.2 Å². The van der Waals surface area contributed by atoms with Crippen molar-refractivity contribution < 1.29 is 38.7 Å². The molecule has 0 aliphatic carbocycles. The Labute approximate surface area is 268 Å². The van der Waals surface area contributed by atoms with E-state index < -0.39 is 65.5 Å². The molecule has 0 aliphatic heterocycles. The molecule has 0 aromatic heterocycles. The Morgan fingerprint density at radius 3 is 2.18 bits per heavy atom. The maximum atomic E-state index is 12.8. The van der Waals surface area contributed by atoms with Gasteiger partial charge < -0.3 is 31.1 Å². The van der Waals surface area contributed by atoms with Crippen molar-refractivity contribution in [1.29, 1.82) is 0 Å². The zero-order chi connectivity index (χ0) is 33.5. The highest BCUT2D eigenvalue weighted by Gasteiger charge is 2.30. The molecule has 16 heteroatoms. The van der Waals surface area contributed by atoms with E-state index in [9.17, 15) is 34.1 Å². The molecule has 0 heterocycles. The second kappa shape index (κ2) is 18.5. The van der Waals surface area contributed by atoms with E-state index in [1.165, 1.54) is 41.5 Å². The third-order valence-electron chi connectivity index (χ3n) is 6.54. The van der Waals surface area contributed by atoms with E-state index in [0.29, 0.717) is 16.9 Å². The highest BCUT2D eigenvalue weighted by Crippen LogP contribution is 2.39. The third kappa shape index (κ3) is 12.3. The summed E-state index contributed by atoms with van der Waals surface area (Å²) >= 11 is 0. The molecular formula is C29H37N5O9S2. The summed E-state index contributed by atoms with van der Waals surface area (Å²) in [6.07, 6.45) is -1.12. The van der Waals surface area contributed by atoms with E-state index in [4.69, 9.17) is 9.84 Å². The molecule has 2 aromatic rings. The van der Waals surface area contributed by atoms with Crippen LogP contribution < -0.4 is 21.3 Å². The number of rotatable bonds is 17. The summed E-state index contributed by atoms with van der Waals surface area (Å²) in [5.41, 5.74) is 0.640. The molecule has 45 heavy (non-hydrogen) atoms. The maximum absolute atomic E-state index is 12.8. The van der Waals surface area contributed by atoms with Crippen LogP contribution in [0, 0.1) is 16.0 Å². The van der Waals surface area contributed by atoms with Crippen LogP contribution in [-0.2, 0) is 23.9 Å². The summed E-state index contributed by atoms with van der Waals surface area (Å²) in [6, 6.07) is 11.9. The molecule has 14 nitrogen and oxygen atoms in total. The number of nitrogens with zero attached hydrogens (tertiary/aromatic N) is 1. The lowest BCUT2D eigenvalue weighted by Crippen LogP contribution is -2.57. The molecule has 2 aromatic carbocycles. The molecule has 0 bridgehead atoms. The molecule has 0 saturated heterocycles. The van der Waals surface area contributed by atoms with Crippen molar-refractivity contribution in [2.24, 2.45) is 5.92 Å². The Balaban J connectivity index is 1.92. The molecule has 5 N–H and O–H groups in total. The van der Waals surface area contributed by atoms with Crippen molar-refractivity contribution in [3.05, 3.63) is 70.3 Å². The molecule has 244 valence electrons. The first-order valence-electron chi connectivity index (χ1n) is 14.0. The number of carboxylic acids is 1. The number of carbonyl (C=O) groups is 5. The standard InChI is InChI=1S/C29H37N5O9S2/c1-5-17(2)25(27(37)32-19(4)28(38)39)33-26(36)18(3)31-24(35)15-30-29(40)43-22(20-11-7-6-8-12-20)16-44-45-23-14-10-9-13-21(23)34(41)42/h6-14,17-19,22,25H,5,15-16H2,1-4H3,(H,30,40)(H,31,35)(H,32,37)(H,33,36)(H,38,39)/t17?,18-,19-,22?,25-/m0/s1. The van der Waals surface area contributed by atoms with E-state index in [0.717, 1.165) is 0 Å². The van der Waals surface area contributed by atoms with Crippen molar-refractivity contribution in [1.82, 2.24) is 21.3 Å². The minimum Gasteiger partial charge on any atom is -0.480 e. The summed E-state index contributed by atoms with van der Waals surface area (Å²) < 4.78 is 5.56. The van der Waals surface area contributed by atoms with Gasteiger partial charge in [-0.2, -0.15) is 0 Å². The molecular weight excluding hydrogens is 626 g/mol. The predicted molar refractivity (Wildman–Crippen MR) is 169 cm³/mol. The Morgan fingerprint density at radius 1 is 0.911 bits per heavy atom. The topological polar surface area (TPSA) is 206 Å². The number of nitro groups is 1. The fourth-order valence-corrected chi connectivity index (χ4v) is 6.05. The number of para-hydroxylation sites is 1. The zero-order valence-corrected chi connectivity index (χ0v) is 26.8. The van der Waals surface area contributed by atoms with Gasteiger partial charge in [0, 0.05) is 11.8 Å². The summed E-state index contributed by atoms with van der Waals surface area (Å²) in [6.45, 7) is 5.72.